The van der Waals surface area contributed by atoms with Gasteiger partial charge in [0.25, 0.3) is 0 Å². The molecule has 0 spiro atoms. The number of halogens is 1. The van der Waals surface area contributed by atoms with E-state index in [1.165, 1.54) is 0 Å². The first-order valence-electron chi connectivity index (χ1n) is 7.67. The average Bonchev–Trinajstić information content (AvgIpc) is 3.19. The fourth-order valence-corrected chi connectivity index (χ4v) is 3.02. The predicted molar refractivity (Wildman–Crippen MR) is 86.0 cm³/mol. The number of fused-ring (bicyclic) bond motifs is 1. The Morgan fingerprint density at radius 3 is 2.95 bits per heavy atom. The minimum atomic E-state index is 0.0586. The summed E-state index contributed by atoms with van der Waals surface area (Å²) in [7, 11) is 0. The number of benzene rings is 1. The third-order valence-corrected chi connectivity index (χ3v) is 4.53. The number of anilines is 1. The molecule has 1 aliphatic heterocycles. The van der Waals surface area contributed by atoms with Crippen molar-refractivity contribution in [2.24, 2.45) is 5.92 Å². The Morgan fingerprint density at radius 2 is 2.14 bits per heavy atom. The first kappa shape index (κ1) is 13.8. The molecule has 0 radical (unpaired) electrons. The number of hydrogen-bond donors (Lipinski definition) is 1. The number of nitrogens with zero attached hydrogens (tertiary/aromatic N) is 3. The lowest BCUT2D eigenvalue weighted by molar-refractivity contribution is -0.124. The second-order valence-corrected chi connectivity index (χ2v) is 6.51. The third-order valence-electron chi connectivity index (χ3n) is 4.30. The molecule has 6 heteroatoms. The first-order chi connectivity index (χ1) is 10.7. The largest absolute Gasteiger partial charge is 0.354 e. The summed E-state index contributed by atoms with van der Waals surface area (Å²) in [5, 5.41) is 3.75. The summed E-state index contributed by atoms with van der Waals surface area (Å²) in [5.74, 6) is 1.07. The van der Waals surface area contributed by atoms with Crippen molar-refractivity contribution < 1.29 is 4.79 Å². The first-order valence-corrected chi connectivity index (χ1v) is 8.04. The summed E-state index contributed by atoms with van der Waals surface area (Å²) in [4.78, 5) is 23.3. The van der Waals surface area contributed by atoms with Gasteiger partial charge in [-0.15, -0.1) is 0 Å². The van der Waals surface area contributed by atoms with Crippen LogP contribution in [-0.4, -0.2) is 35.0 Å². The Balaban J connectivity index is 1.50. The molecule has 114 valence electrons. The monoisotopic (exact) mass is 316 g/mol. The van der Waals surface area contributed by atoms with Gasteiger partial charge in [0.2, 0.25) is 5.91 Å². The van der Waals surface area contributed by atoms with Crippen molar-refractivity contribution in [2.75, 3.05) is 18.0 Å². The van der Waals surface area contributed by atoms with Crippen LogP contribution in [0.2, 0.25) is 5.02 Å². The zero-order chi connectivity index (χ0) is 15.1. The lowest BCUT2D eigenvalue weighted by Crippen LogP contribution is -2.34. The van der Waals surface area contributed by atoms with E-state index in [9.17, 15) is 4.79 Å². The number of hydrogen-bond acceptors (Lipinski definition) is 4. The molecule has 2 fully saturated rings. The highest BCUT2D eigenvalue weighted by molar-refractivity contribution is 6.31. The molecule has 2 aliphatic rings. The number of carbonyl (C=O) groups excluding carboxylic acids is 1. The van der Waals surface area contributed by atoms with Crippen molar-refractivity contribution in [1.82, 2.24) is 15.3 Å². The summed E-state index contributed by atoms with van der Waals surface area (Å²) in [6.07, 6.45) is 4.89. The summed E-state index contributed by atoms with van der Waals surface area (Å²) in [6, 6.07) is 5.93. The van der Waals surface area contributed by atoms with Gasteiger partial charge < -0.3 is 10.2 Å². The molecular weight excluding hydrogens is 300 g/mol. The Kier molecular flexibility index (Phi) is 3.37. The van der Waals surface area contributed by atoms with Crippen LogP contribution in [-0.2, 0) is 4.79 Å². The van der Waals surface area contributed by atoms with Gasteiger partial charge in [-0.3, -0.25) is 9.78 Å². The highest BCUT2D eigenvalue weighted by Crippen LogP contribution is 2.26. The average molecular weight is 317 g/mol. The molecule has 1 saturated heterocycles. The number of carbonyl (C=O) groups is 1. The maximum absolute atomic E-state index is 12.1. The molecule has 2 aromatic rings. The van der Waals surface area contributed by atoms with E-state index in [1.807, 2.05) is 18.2 Å². The molecule has 1 aromatic heterocycles. The van der Waals surface area contributed by atoms with Gasteiger partial charge in [-0.05, 0) is 37.5 Å². The summed E-state index contributed by atoms with van der Waals surface area (Å²) in [5.41, 5.74) is 1.62. The number of aromatic nitrogens is 2. The Hall–Kier alpha value is -1.88. The van der Waals surface area contributed by atoms with E-state index in [0.29, 0.717) is 17.6 Å². The Labute approximate surface area is 133 Å². The van der Waals surface area contributed by atoms with Gasteiger partial charge in [-0.25, -0.2) is 4.98 Å². The van der Waals surface area contributed by atoms with Crippen molar-refractivity contribution in [3.63, 3.8) is 0 Å². The number of rotatable bonds is 3. The van der Waals surface area contributed by atoms with Crippen LogP contribution in [0.4, 0.5) is 5.82 Å². The highest BCUT2D eigenvalue weighted by Gasteiger charge is 2.32. The molecule has 5 nitrogen and oxygen atoms in total. The maximum Gasteiger partial charge on any atom is 0.225 e. The summed E-state index contributed by atoms with van der Waals surface area (Å²) < 4.78 is 0. The third kappa shape index (κ3) is 2.73. The molecule has 1 saturated carbocycles. The van der Waals surface area contributed by atoms with Gasteiger partial charge in [-0.1, -0.05) is 11.6 Å². The lowest BCUT2D eigenvalue weighted by atomic mass is 10.1. The molecule has 1 atom stereocenters. The minimum absolute atomic E-state index is 0.0586. The summed E-state index contributed by atoms with van der Waals surface area (Å²) in [6.45, 7) is 1.56. The van der Waals surface area contributed by atoms with E-state index in [1.54, 1.807) is 6.20 Å². The molecular formula is C16H17ClN4O. The minimum Gasteiger partial charge on any atom is -0.354 e. The molecule has 22 heavy (non-hydrogen) atoms. The van der Waals surface area contributed by atoms with Crippen molar-refractivity contribution in [3.05, 3.63) is 29.4 Å². The van der Waals surface area contributed by atoms with Crippen molar-refractivity contribution in [3.8, 4) is 0 Å². The van der Waals surface area contributed by atoms with Gasteiger partial charge in [-0.2, -0.15) is 0 Å². The normalized spacial score (nSPS) is 21.3. The highest BCUT2D eigenvalue weighted by atomic mass is 35.5. The fraction of sp³-hybridized carbons (Fsp3) is 0.438. The molecule has 1 aromatic carbocycles. The molecule has 1 aliphatic carbocycles. The molecule has 1 N–H and O–H groups in total. The van der Waals surface area contributed by atoms with E-state index >= 15 is 0 Å². The Morgan fingerprint density at radius 1 is 1.27 bits per heavy atom. The van der Waals surface area contributed by atoms with Crippen LogP contribution in [0.15, 0.2) is 24.4 Å². The fourth-order valence-electron chi connectivity index (χ4n) is 2.86. The zero-order valence-electron chi connectivity index (χ0n) is 12.1. The van der Waals surface area contributed by atoms with Crippen LogP contribution in [0.5, 0.6) is 0 Å². The molecule has 1 amide bonds. The van der Waals surface area contributed by atoms with Gasteiger partial charge >= 0.3 is 0 Å². The molecule has 2 heterocycles. The summed E-state index contributed by atoms with van der Waals surface area (Å²) >= 11 is 5.96. The molecule has 0 bridgehead atoms. The van der Waals surface area contributed by atoms with E-state index in [4.69, 9.17) is 11.6 Å². The van der Waals surface area contributed by atoms with Gasteiger partial charge in [0.1, 0.15) is 5.82 Å². The molecule has 1 unspecified atom stereocenters. The topological polar surface area (TPSA) is 58.1 Å². The van der Waals surface area contributed by atoms with E-state index in [-0.39, 0.29) is 11.8 Å². The van der Waals surface area contributed by atoms with Crippen LogP contribution >= 0.6 is 11.6 Å². The SMILES string of the molecule is O=C(NC1CC1)C1CCN(c2cnc3cc(Cl)ccc3n2)C1. The standard InChI is InChI=1S/C16H17ClN4O/c17-11-1-4-13-14(7-11)18-8-15(20-13)21-6-5-10(9-21)16(22)19-12-2-3-12/h1,4,7-8,10,12H,2-3,5-6,9H2,(H,19,22). The maximum atomic E-state index is 12.1. The van der Waals surface area contributed by atoms with Crippen LogP contribution in [0.25, 0.3) is 11.0 Å². The number of amides is 1. The van der Waals surface area contributed by atoms with Crippen molar-refractivity contribution >= 4 is 34.4 Å². The second-order valence-electron chi connectivity index (χ2n) is 6.08. The van der Waals surface area contributed by atoms with Gasteiger partial charge in [0, 0.05) is 24.2 Å². The van der Waals surface area contributed by atoms with Crippen molar-refractivity contribution in [1.29, 1.82) is 0 Å². The van der Waals surface area contributed by atoms with Gasteiger partial charge in [0.05, 0.1) is 23.1 Å². The van der Waals surface area contributed by atoms with E-state index in [2.05, 4.69) is 20.2 Å². The van der Waals surface area contributed by atoms with Gasteiger partial charge in [0.15, 0.2) is 0 Å². The van der Waals surface area contributed by atoms with E-state index in [0.717, 1.165) is 42.7 Å². The Bertz CT molecular complexity index is 731. The quantitative estimate of drug-likeness (QED) is 0.944. The smallest absolute Gasteiger partial charge is 0.225 e. The number of nitrogens with one attached hydrogen (secondary N) is 1. The lowest BCUT2D eigenvalue weighted by Gasteiger charge is -2.17. The van der Waals surface area contributed by atoms with Crippen molar-refractivity contribution in [2.45, 2.75) is 25.3 Å². The van der Waals surface area contributed by atoms with E-state index < -0.39 is 0 Å². The molecule has 4 rings (SSSR count). The van der Waals surface area contributed by atoms with Crippen LogP contribution < -0.4 is 10.2 Å². The predicted octanol–water partition coefficient (Wildman–Crippen LogP) is 2.39. The second kappa shape index (κ2) is 5.39. The van der Waals surface area contributed by atoms with Crippen LogP contribution in [0, 0.1) is 5.92 Å². The van der Waals surface area contributed by atoms with Crippen LogP contribution in [0.1, 0.15) is 19.3 Å². The zero-order valence-corrected chi connectivity index (χ0v) is 12.9. The van der Waals surface area contributed by atoms with Crippen LogP contribution in [0.3, 0.4) is 0 Å².